The summed E-state index contributed by atoms with van der Waals surface area (Å²) in [6.07, 6.45) is 2.01. The summed E-state index contributed by atoms with van der Waals surface area (Å²) in [5.41, 5.74) is 2.01. The molecular weight excluding hydrogens is 354 g/mol. The third-order valence-electron chi connectivity index (χ3n) is 4.98. The van der Waals surface area contributed by atoms with Crippen LogP contribution in [-0.2, 0) is 11.2 Å². The lowest BCUT2D eigenvalue weighted by Crippen LogP contribution is -2.50. The molecule has 1 atom stereocenters. The predicted octanol–water partition coefficient (Wildman–Crippen LogP) is 2.17. The first-order chi connectivity index (χ1) is 12.2. The Morgan fingerprint density at radius 2 is 1.77 bits per heavy atom. The zero-order valence-corrected chi connectivity index (χ0v) is 16.1. The number of ether oxygens (including phenoxy) is 1. The van der Waals surface area contributed by atoms with Crippen LogP contribution in [0.4, 0.5) is 4.79 Å². The van der Waals surface area contributed by atoms with Crippen molar-refractivity contribution in [2.75, 3.05) is 45.9 Å². The molecule has 0 saturated carbocycles. The maximum Gasteiger partial charge on any atom is 0.409 e. The molecule has 0 spiro atoms. The van der Waals surface area contributed by atoms with Crippen LogP contribution in [0.5, 0.6) is 0 Å². The SMILES string of the molecule is CCOC(=O)N1CCN(C(=O)c2ccc(CC3CCNC3)cc2)CC1.Cl. The molecule has 1 unspecified atom stereocenters. The molecule has 1 aromatic rings. The molecule has 2 amide bonds. The van der Waals surface area contributed by atoms with Crippen molar-refractivity contribution in [1.29, 1.82) is 0 Å². The zero-order chi connectivity index (χ0) is 17.6. The summed E-state index contributed by atoms with van der Waals surface area (Å²) in [5, 5.41) is 3.39. The fraction of sp³-hybridized carbons (Fsp3) is 0.579. The third-order valence-corrected chi connectivity index (χ3v) is 4.98. The number of nitrogens with zero attached hydrogens (tertiary/aromatic N) is 2. The minimum absolute atomic E-state index is 0. The van der Waals surface area contributed by atoms with Gasteiger partial charge in [0.15, 0.2) is 0 Å². The number of piperazine rings is 1. The van der Waals surface area contributed by atoms with Gasteiger partial charge in [-0.3, -0.25) is 4.79 Å². The van der Waals surface area contributed by atoms with Gasteiger partial charge in [-0.25, -0.2) is 4.79 Å². The van der Waals surface area contributed by atoms with Gasteiger partial charge >= 0.3 is 6.09 Å². The molecule has 0 bridgehead atoms. The number of carbonyl (C=O) groups excluding carboxylic acids is 2. The summed E-state index contributed by atoms with van der Waals surface area (Å²) < 4.78 is 5.01. The Bertz CT molecular complexity index is 595. The molecule has 2 fully saturated rings. The van der Waals surface area contributed by atoms with Crippen molar-refractivity contribution < 1.29 is 14.3 Å². The number of hydrogen-bond acceptors (Lipinski definition) is 4. The second-order valence-corrected chi connectivity index (χ2v) is 6.74. The Balaban J connectivity index is 0.00000243. The van der Waals surface area contributed by atoms with Gasteiger partial charge in [0, 0.05) is 31.7 Å². The zero-order valence-electron chi connectivity index (χ0n) is 15.3. The van der Waals surface area contributed by atoms with Crippen molar-refractivity contribution in [3.05, 3.63) is 35.4 Å². The molecule has 2 aliphatic heterocycles. The Hall–Kier alpha value is -1.79. The maximum absolute atomic E-state index is 12.6. The van der Waals surface area contributed by atoms with E-state index in [0.717, 1.165) is 25.1 Å². The predicted molar refractivity (Wildman–Crippen MR) is 103 cm³/mol. The lowest BCUT2D eigenvalue weighted by Gasteiger charge is -2.34. The molecular formula is C19H28ClN3O3. The highest BCUT2D eigenvalue weighted by Crippen LogP contribution is 2.17. The van der Waals surface area contributed by atoms with Gasteiger partial charge in [0.2, 0.25) is 0 Å². The van der Waals surface area contributed by atoms with Crippen LogP contribution in [0, 0.1) is 5.92 Å². The third kappa shape index (κ3) is 5.11. The summed E-state index contributed by atoms with van der Waals surface area (Å²) in [7, 11) is 0. The van der Waals surface area contributed by atoms with Crippen molar-refractivity contribution in [2.24, 2.45) is 5.92 Å². The van der Waals surface area contributed by atoms with Crippen LogP contribution in [0.3, 0.4) is 0 Å². The molecule has 26 heavy (non-hydrogen) atoms. The van der Waals surface area contributed by atoms with Crippen LogP contribution in [0.15, 0.2) is 24.3 Å². The lowest BCUT2D eigenvalue weighted by molar-refractivity contribution is 0.0570. The van der Waals surface area contributed by atoms with Crippen molar-refractivity contribution >= 4 is 24.4 Å². The number of halogens is 1. The molecule has 0 aromatic heterocycles. The van der Waals surface area contributed by atoms with Crippen LogP contribution >= 0.6 is 12.4 Å². The Kier molecular flexibility index (Phi) is 7.72. The van der Waals surface area contributed by atoms with Crippen LogP contribution in [-0.4, -0.2) is 67.7 Å². The Morgan fingerprint density at radius 3 is 2.35 bits per heavy atom. The van der Waals surface area contributed by atoms with Gasteiger partial charge in [-0.05, 0) is 56.5 Å². The molecule has 2 saturated heterocycles. The Morgan fingerprint density at radius 1 is 1.12 bits per heavy atom. The van der Waals surface area contributed by atoms with E-state index in [4.69, 9.17) is 4.74 Å². The van der Waals surface area contributed by atoms with Crippen molar-refractivity contribution in [3.8, 4) is 0 Å². The standard InChI is InChI=1S/C19H27N3O3.ClH/c1-2-25-19(24)22-11-9-21(10-12-22)18(23)17-5-3-15(4-6-17)13-16-7-8-20-14-16;/h3-6,16,20H,2,7-14H2,1H3;1H. The van der Waals surface area contributed by atoms with Gasteiger partial charge in [-0.15, -0.1) is 12.4 Å². The monoisotopic (exact) mass is 381 g/mol. The smallest absolute Gasteiger partial charge is 0.409 e. The second kappa shape index (κ2) is 9.78. The molecule has 6 nitrogen and oxygen atoms in total. The van der Waals surface area contributed by atoms with E-state index < -0.39 is 0 Å². The van der Waals surface area contributed by atoms with E-state index in [1.165, 1.54) is 12.0 Å². The molecule has 1 N–H and O–H groups in total. The Labute approximate surface area is 161 Å². The maximum atomic E-state index is 12.6. The number of nitrogens with one attached hydrogen (secondary N) is 1. The van der Waals surface area contributed by atoms with Crippen molar-refractivity contribution in [2.45, 2.75) is 19.8 Å². The highest BCUT2D eigenvalue weighted by Gasteiger charge is 2.25. The minimum Gasteiger partial charge on any atom is -0.450 e. The average molecular weight is 382 g/mol. The normalized spacial score (nSPS) is 19.8. The van der Waals surface area contributed by atoms with Crippen LogP contribution in [0.2, 0.25) is 0 Å². The quantitative estimate of drug-likeness (QED) is 0.868. The van der Waals surface area contributed by atoms with Gasteiger partial charge in [-0.1, -0.05) is 12.1 Å². The molecule has 2 aliphatic rings. The fourth-order valence-electron chi connectivity index (χ4n) is 3.49. The molecule has 1 aromatic carbocycles. The van der Waals surface area contributed by atoms with E-state index in [1.807, 2.05) is 17.0 Å². The van der Waals surface area contributed by atoms with Gasteiger partial charge in [-0.2, -0.15) is 0 Å². The molecule has 0 radical (unpaired) electrons. The van der Waals surface area contributed by atoms with Gasteiger partial charge in [0.05, 0.1) is 6.61 Å². The minimum atomic E-state index is -0.291. The molecule has 7 heteroatoms. The number of carbonyl (C=O) groups is 2. The van der Waals surface area contributed by atoms with E-state index in [-0.39, 0.29) is 24.4 Å². The average Bonchev–Trinajstić information content (AvgIpc) is 3.15. The van der Waals surface area contributed by atoms with Gasteiger partial charge in [0.1, 0.15) is 0 Å². The molecule has 0 aliphatic carbocycles. The van der Waals surface area contributed by atoms with Gasteiger partial charge in [0.25, 0.3) is 5.91 Å². The number of hydrogen-bond donors (Lipinski definition) is 1. The lowest BCUT2D eigenvalue weighted by atomic mass is 9.98. The number of amides is 2. The van der Waals surface area contributed by atoms with Crippen molar-refractivity contribution in [3.63, 3.8) is 0 Å². The van der Waals surface area contributed by atoms with E-state index in [2.05, 4.69) is 17.4 Å². The molecule has 144 valence electrons. The first-order valence-electron chi connectivity index (χ1n) is 9.18. The number of benzene rings is 1. The number of rotatable bonds is 4. The van der Waals surface area contributed by atoms with Crippen LogP contribution in [0.25, 0.3) is 0 Å². The van der Waals surface area contributed by atoms with Gasteiger partial charge < -0.3 is 19.9 Å². The highest BCUT2D eigenvalue weighted by atomic mass is 35.5. The summed E-state index contributed by atoms with van der Waals surface area (Å²) in [5.74, 6) is 0.745. The largest absolute Gasteiger partial charge is 0.450 e. The van der Waals surface area contributed by atoms with E-state index >= 15 is 0 Å². The highest BCUT2D eigenvalue weighted by molar-refractivity contribution is 5.94. The van der Waals surface area contributed by atoms with Crippen molar-refractivity contribution in [1.82, 2.24) is 15.1 Å². The summed E-state index contributed by atoms with van der Waals surface area (Å²) in [6, 6.07) is 8.00. The van der Waals surface area contributed by atoms with Crippen LogP contribution in [0.1, 0.15) is 29.3 Å². The van der Waals surface area contributed by atoms with E-state index in [1.54, 1.807) is 11.8 Å². The second-order valence-electron chi connectivity index (χ2n) is 6.74. The molecule has 3 rings (SSSR count). The first kappa shape index (κ1) is 20.5. The molecule has 2 heterocycles. The summed E-state index contributed by atoms with van der Waals surface area (Å²) in [6.45, 7) is 6.52. The van der Waals surface area contributed by atoms with E-state index in [0.29, 0.717) is 38.7 Å². The summed E-state index contributed by atoms with van der Waals surface area (Å²) in [4.78, 5) is 27.8. The van der Waals surface area contributed by atoms with Crippen LogP contribution < -0.4 is 5.32 Å². The summed E-state index contributed by atoms with van der Waals surface area (Å²) >= 11 is 0. The fourth-order valence-corrected chi connectivity index (χ4v) is 3.49. The topological polar surface area (TPSA) is 61.9 Å². The van der Waals surface area contributed by atoms with E-state index in [9.17, 15) is 9.59 Å². The first-order valence-corrected chi connectivity index (χ1v) is 9.18.